The molecule has 0 saturated carbocycles. The predicted molar refractivity (Wildman–Crippen MR) is 137 cm³/mol. The van der Waals surface area contributed by atoms with E-state index in [1.807, 2.05) is 78.9 Å². The zero-order valence-corrected chi connectivity index (χ0v) is 19.4. The minimum atomic E-state index is -0.495. The summed E-state index contributed by atoms with van der Waals surface area (Å²) in [5.74, 6) is 2.51. The lowest BCUT2D eigenvalue weighted by Gasteiger charge is -2.14. The molecule has 0 aliphatic heterocycles. The molecule has 0 saturated heterocycles. The Kier molecular flexibility index (Phi) is 8.81. The Morgan fingerprint density at radius 3 is 2.21 bits per heavy atom. The number of aliphatic hydroxyl groups is 1. The van der Waals surface area contributed by atoms with Crippen molar-refractivity contribution >= 4 is 10.8 Å². The number of fused-ring (bicyclic) bond motifs is 1. The fraction of sp³-hybridized carbons (Fsp3) is 0.267. The Bertz CT molecular complexity index is 1140. The maximum absolute atomic E-state index is 10.6. The first-order valence-corrected chi connectivity index (χ1v) is 12.0. The first kappa shape index (κ1) is 23.7. The van der Waals surface area contributed by atoms with Crippen LogP contribution in [0, 0.1) is 0 Å². The zero-order chi connectivity index (χ0) is 23.4. The fourth-order valence-corrected chi connectivity index (χ4v) is 3.93. The van der Waals surface area contributed by atoms with Crippen LogP contribution in [0.1, 0.15) is 37.4 Å². The van der Waals surface area contributed by atoms with Crippen LogP contribution in [-0.4, -0.2) is 24.9 Å². The first-order chi connectivity index (χ1) is 16.8. The molecule has 4 aromatic rings. The van der Waals surface area contributed by atoms with Gasteiger partial charge in [-0.15, -0.1) is 0 Å². The molecule has 4 heteroatoms. The summed E-state index contributed by atoms with van der Waals surface area (Å²) in [7, 11) is 0. The van der Waals surface area contributed by atoms with Gasteiger partial charge in [0.15, 0.2) is 0 Å². The highest BCUT2D eigenvalue weighted by Crippen LogP contribution is 2.26. The standard InChI is InChI=1S/C30H32O4/c31-29(18-5-2-8-20-32-26-14-3-1-4-15-26)25-13-9-16-27(23-25)33-21-22-34-30-19-10-12-24-11-6-7-17-28(24)30/h1,3-4,6-7,9-17,19,23,29,31H,2,5,8,18,20-22H2. The molecule has 34 heavy (non-hydrogen) atoms. The van der Waals surface area contributed by atoms with Gasteiger partial charge in [-0.25, -0.2) is 0 Å². The summed E-state index contributed by atoms with van der Waals surface area (Å²) in [5, 5.41) is 12.8. The van der Waals surface area contributed by atoms with E-state index >= 15 is 0 Å². The number of aliphatic hydroxyl groups excluding tert-OH is 1. The molecule has 0 aliphatic rings. The van der Waals surface area contributed by atoms with Gasteiger partial charge >= 0.3 is 0 Å². The van der Waals surface area contributed by atoms with Crippen LogP contribution < -0.4 is 14.2 Å². The summed E-state index contributed by atoms with van der Waals surface area (Å²) in [5.41, 5.74) is 0.882. The summed E-state index contributed by atoms with van der Waals surface area (Å²) in [6.07, 6.45) is 3.17. The molecular formula is C30H32O4. The van der Waals surface area contributed by atoms with Crippen LogP contribution in [0.5, 0.6) is 17.2 Å². The van der Waals surface area contributed by atoms with E-state index in [2.05, 4.69) is 18.2 Å². The fourth-order valence-electron chi connectivity index (χ4n) is 3.93. The van der Waals surface area contributed by atoms with Crippen molar-refractivity contribution in [3.05, 3.63) is 103 Å². The second kappa shape index (κ2) is 12.7. The molecule has 0 heterocycles. The molecule has 1 N–H and O–H groups in total. The Balaban J connectivity index is 1.16. The van der Waals surface area contributed by atoms with E-state index in [1.165, 1.54) is 0 Å². The van der Waals surface area contributed by atoms with Gasteiger partial charge in [-0.05, 0) is 60.5 Å². The highest BCUT2D eigenvalue weighted by atomic mass is 16.5. The Morgan fingerprint density at radius 2 is 1.29 bits per heavy atom. The van der Waals surface area contributed by atoms with Crippen LogP contribution >= 0.6 is 0 Å². The molecule has 0 radical (unpaired) electrons. The number of unbranched alkanes of at least 4 members (excludes halogenated alkanes) is 2. The number of benzene rings is 4. The quantitative estimate of drug-likeness (QED) is 0.221. The Morgan fingerprint density at radius 1 is 0.588 bits per heavy atom. The highest BCUT2D eigenvalue weighted by molar-refractivity contribution is 5.88. The summed E-state index contributed by atoms with van der Waals surface area (Å²) in [6.45, 7) is 1.58. The van der Waals surface area contributed by atoms with Crippen molar-refractivity contribution in [2.75, 3.05) is 19.8 Å². The summed E-state index contributed by atoms with van der Waals surface area (Å²) < 4.78 is 17.5. The zero-order valence-electron chi connectivity index (χ0n) is 19.4. The highest BCUT2D eigenvalue weighted by Gasteiger charge is 2.09. The van der Waals surface area contributed by atoms with E-state index in [9.17, 15) is 5.11 Å². The van der Waals surface area contributed by atoms with Crippen molar-refractivity contribution in [2.24, 2.45) is 0 Å². The van der Waals surface area contributed by atoms with Crippen LogP contribution in [0.2, 0.25) is 0 Å². The van der Waals surface area contributed by atoms with E-state index in [1.54, 1.807) is 0 Å². The van der Waals surface area contributed by atoms with E-state index in [0.29, 0.717) is 19.8 Å². The number of rotatable bonds is 13. The van der Waals surface area contributed by atoms with Crippen molar-refractivity contribution in [1.29, 1.82) is 0 Å². The van der Waals surface area contributed by atoms with Gasteiger partial charge in [-0.1, -0.05) is 73.2 Å². The predicted octanol–water partition coefficient (Wildman–Crippen LogP) is 6.97. The second-order valence-electron chi connectivity index (χ2n) is 8.27. The van der Waals surface area contributed by atoms with Crippen molar-refractivity contribution in [1.82, 2.24) is 0 Å². The third-order valence-electron chi connectivity index (χ3n) is 5.74. The first-order valence-electron chi connectivity index (χ1n) is 12.0. The lowest BCUT2D eigenvalue weighted by atomic mass is 10.0. The van der Waals surface area contributed by atoms with E-state index in [-0.39, 0.29) is 0 Å². The summed E-state index contributed by atoms with van der Waals surface area (Å²) in [6, 6.07) is 31.8. The van der Waals surface area contributed by atoms with Gasteiger partial charge in [0.25, 0.3) is 0 Å². The average molecular weight is 457 g/mol. The van der Waals surface area contributed by atoms with Crippen molar-refractivity contribution in [3.63, 3.8) is 0 Å². The maximum Gasteiger partial charge on any atom is 0.127 e. The average Bonchev–Trinajstić information content (AvgIpc) is 2.89. The van der Waals surface area contributed by atoms with Gasteiger partial charge in [-0.3, -0.25) is 0 Å². The van der Waals surface area contributed by atoms with E-state index < -0.39 is 6.10 Å². The van der Waals surface area contributed by atoms with Crippen molar-refractivity contribution in [2.45, 2.75) is 31.8 Å². The Hall–Kier alpha value is -3.50. The molecule has 1 unspecified atom stereocenters. The lowest BCUT2D eigenvalue weighted by Crippen LogP contribution is -2.09. The molecule has 176 valence electrons. The molecule has 0 spiro atoms. The molecule has 0 aliphatic carbocycles. The minimum absolute atomic E-state index is 0.435. The smallest absolute Gasteiger partial charge is 0.127 e. The van der Waals surface area contributed by atoms with Gasteiger partial charge < -0.3 is 19.3 Å². The van der Waals surface area contributed by atoms with Crippen molar-refractivity contribution < 1.29 is 19.3 Å². The Labute approximate surface area is 201 Å². The minimum Gasteiger partial charge on any atom is -0.494 e. The maximum atomic E-state index is 10.6. The molecule has 4 aromatic carbocycles. The monoisotopic (exact) mass is 456 g/mol. The lowest BCUT2D eigenvalue weighted by molar-refractivity contribution is 0.161. The van der Waals surface area contributed by atoms with Crippen LogP contribution in [0.25, 0.3) is 10.8 Å². The third kappa shape index (κ3) is 7.00. The van der Waals surface area contributed by atoms with Crippen LogP contribution in [0.3, 0.4) is 0 Å². The van der Waals surface area contributed by atoms with Crippen LogP contribution in [0.15, 0.2) is 97.1 Å². The van der Waals surface area contributed by atoms with Gasteiger partial charge in [0.2, 0.25) is 0 Å². The number of hydrogen-bond acceptors (Lipinski definition) is 4. The molecule has 0 fully saturated rings. The molecule has 4 rings (SSSR count). The molecule has 0 aromatic heterocycles. The van der Waals surface area contributed by atoms with Gasteiger partial charge in [-0.2, -0.15) is 0 Å². The van der Waals surface area contributed by atoms with Crippen LogP contribution in [0.4, 0.5) is 0 Å². The van der Waals surface area contributed by atoms with Crippen molar-refractivity contribution in [3.8, 4) is 17.2 Å². The van der Waals surface area contributed by atoms with E-state index in [4.69, 9.17) is 14.2 Å². The van der Waals surface area contributed by atoms with E-state index in [0.717, 1.165) is 59.3 Å². The largest absolute Gasteiger partial charge is 0.494 e. The molecule has 4 nitrogen and oxygen atoms in total. The normalized spacial score (nSPS) is 11.8. The molecular weight excluding hydrogens is 424 g/mol. The SMILES string of the molecule is OC(CCCCCOc1ccccc1)c1cccc(OCCOc2cccc3ccccc23)c1. The van der Waals surface area contributed by atoms with Gasteiger partial charge in [0.05, 0.1) is 12.7 Å². The summed E-state index contributed by atoms with van der Waals surface area (Å²) in [4.78, 5) is 0. The molecule has 1 atom stereocenters. The van der Waals surface area contributed by atoms with Gasteiger partial charge in [0, 0.05) is 5.39 Å². The molecule has 0 bridgehead atoms. The number of ether oxygens (including phenoxy) is 3. The van der Waals surface area contributed by atoms with Crippen LogP contribution in [-0.2, 0) is 0 Å². The number of para-hydroxylation sites is 1. The summed E-state index contributed by atoms with van der Waals surface area (Å²) >= 11 is 0. The van der Waals surface area contributed by atoms with Gasteiger partial charge in [0.1, 0.15) is 30.5 Å². The third-order valence-corrected chi connectivity index (χ3v) is 5.74. The molecule has 0 amide bonds. The number of hydrogen-bond donors (Lipinski definition) is 1. The second-order valence-corrected chi connectivity index (χ2v) is 8.27. The topological polar surface area (TPSA) is 47.9 Å².